The first-order chi connectivity index (χ1) is 23.9. The number of carbonyl (C=O) groups excluding carboxylic acids is 4. The Morgan fingerprint density at radius 3 is 2.29 bits per heavy atom. The van der Waals surface area contributed by atoms with Gasteiger partial charge in [-0.3, -0.25) is 19.2 Å². The molecule has 1 spiro atoms. The van der Waals surface area contributed by atoms with Gasteiger partial charge in [0.25, 0.3) is 0 Å². The Morgan fingerprint density at radius 2 is 1.57 bits per heavy atom. The van der Waals surface area contributed by atoms with Gasteiger partial charge >= 0.3 is 5.97 Å². The molecule has 10 nitrogen and oxygen atoms in total. The number of carbonyl (C=O) groups is 4. The number of nitrogens with zero attached hydrogens (tertiary/aromatic N) is 2. The van der Waals surface area contributed by atoms with E-state index in [1.807, 2.05) is 97.1 Å². The molecule has 4 aliphatic heterocycles. The Bertz CT molecular complexity index is 1750. The molecule has 4 aliphatic rings. The van der Waals surface area contributed by atoms with Crippen LogP contribution in [0.25, 0.3) is 0 Å². The minimum absolute atomic E-state index is 0.0580. The van der Waals surface area contributed by atoms with Gasteiger partial charge in [-0.1, -0.05) is 115 Å². The normalized spacial score (nSPS) is 29.8. The zero-order chi connectivity index (χ0) is 34.0. The van der Waals surface area contributed by atoms with Crippen LogP contribution in [0.15, 0.2) is 115 Å². The van der Waals surface area contributed by atoms with Crippen molar-refractivity contribution in [2.45, 2.75) is 49.3 Å². The highest BCUT2D eigenvalue weighted by Crippen LogP contribution is 2.55. The van der Waals surface area contributed by atoms with Crippen molar-refractivity contribution in [1.82, 2.24) is 15.1 Å². The molecule has 7 rings (SSSR count). The van der Waals surface area contributed by atoms with E-state index >= 15 is 0 Å². The summed E-state index contributed by atoms with van der Waals surface area (Å²) in [6.07, 6.45) is 5.98. The number of aliphatic hydroxyl groups excluding tert-OH is 1. The van der Waals surface area contributed by atoms with Crippen LogP contribution in [0.2, 0.25) is 0 Å². The molecule has 0 bridgehead atoms. The number of nitrogens with one attached hydrogen (secondary N) is 1. The smallest absolute Gasteiger partial charge is 0.313 e. The number of allylic oxidation sites excluding steroid dienone is 1. The van der Waals surface area contributed by atoms with Crippen molar-refractivity contribution in [3.63, 3.8) is 0 Å². The van der Waals surface area contributed by atoms with E-state index in [2.05, 4.69) is 5.32 Å². The molecule has 0 unspecified atom stereocenters. The average molecular weight is 662 g/mol. The SMILES string of the molecule is O=C1CC/C=C\[C@H]2O[C@]34C=CCN(Cc5ccccc5)C(=O)[C@H]3N([C@H](CO)c3ccccc3)C(=O)[C@@H]4[C@H]2C(=O)O[C@H](c2ccccc2)CN1. The summed E-state index contributed by atoms with van der Waals surface area (Å²) in [5.74, 6) is -3.89. The lowest BCUT2D eigenvalue weighted by molar-refractivity contribution is -0.161. The molecule has 4 heterocycles. The molecule has 3 amide bonds. The van der Waals surface area contributed by atoms with Crippen molar-refractivity contribution in [3.05, 3.63) is 132 Å². The summed E-state index contributed by atoms with van der Waals surface area (Å²) in [5.41, 5.74) is 0.736. The van der Waals surface area contributed by atoms with Gasteiger partial charge in [0.05, 0.1) is 31.2 Å². The number of rotatable bonds is 6. The van der Waals surface area contributed by atoms with Crippen molar-refractivity contribution in [3.8, 4) is 0 Å². The number of hydrogen-bond acceptors (Lipinski definition) is 7. The number of likely N-dealkylation sites (tertiary alicyclic amines) is 1. The Balaban J connectivity index is 1.33. The summed E-state index contributed by atoms with van der Waals surface area (Å²) in [6.45, 7) is 0.174. The molecular formula is C39H39N3O7. The van der Waals surface area contributed by atoms with Gasteiger partial charge in [-0.2, -0.15) is 0 Å². The third-order valence-electron chi connectivity index (χ3n) is 9.97. The van der Waals surface area contributed by atoms with Crippen molar-refractivity contribution in [2.75, 3.05) is 19.7 Å². The largest absolute Gasteiger partial charge is 0.455 e. The van der Waals surface area contributed by atoms with Gasteiger partial charge in [0.1, 0.15) is 23.7 Å². The molecule has 3 aromatic rings. The second-order valence-corrected chi connectivity index (χ2v) is 12.9. The van der Waals surface area contributed by atoms with E-state index in [1.54, 1.807) is 23.1 Å². The van der Waals surface area contributed by atoms with Gasteiger partial charge < -0.3 is 29.7 Å². The molecule has 2 N–H and O–H groups in total. The van der Waals surface area contributed by atoms with Gasteiger partial charge in [0.15, 0.2) is 0 Å². The van der Waals surface area contributed by atoms with E-state index in [9.17, 15) is 24.3 Å². The number of cyclic esters (lactones) is 1. The van der Waals surface area contributed by atoms with Crippen LogP contribution in [0.4, 0.5) is 0 Å². The van der Waals surface area contributed by atoms with Crippen LogP contribution < -0.4 is 5.32 Å². The molecule has 252 valence electrons. The third-order valence-corrected chi connectivity index (χ3v) is 9.97. The first-order valence-corrected chi connectivity index (χ1v) is 16.8. The van der Waals surface area contributed by atoms with Gasteiger partial charge in [-0.25, -0.2) is 0 Å². The molecule has 7 atom stereocenters. The van der Waals surface area contributed by atoms with Crippen LogP contribution in [0.1, 0.15) is 41.7 Å². The lowest BCUT2D eigenvalue weighted by Gasteiger charge is -2.38. The van der Waals surface area contributed by atoms with Crippen molar-refractivity contribution >= 4 is 23.7 Å². The predicted molar refractivity (Wildman–Crippen MR) is 179 cm³/mol. The van der Waals surface area contributed by atoms with Gasteiger partial charge in [-0.15, -0.1) is 0 Å². The number of fused-ring (bicyclic) bond motifs is 2. The molecule has 0 saturated carbocycles. The summed E-state index contributed by atoms with van der Waals surface area (Å²) in [6, 6.07) is 25.8. The molecular weight excluding hydrogens is 622 g/mol. The Kier molecular flexibility index (Phi) is 9.16. The number of benzene rings is 3. The number of ether oxygens (including phenoxy) is 2. The Morgan fingerprint density at radius 1 is 0.878 bits per heavy atom. The number of esters is 1. The fourth-order valence-electron chi connectivity index (χ4n) is 7.70. The summed E-state index contributed by atoms with van der Waals surface area (Å²) in [4.78, 5) is 60.0. The fourth-order valence-corrected chi connectivity index (χ4v) is 7.70. The van der Waals surface area contributed by atoms with Gasteiger partial charge in [-0.05, 0) is 23.1 Å². The topological polar surface area (TPSA) is 125 Å². The molecule has 0 radical (unpaired) electrons. The second kappa shape index (κ2) is 13.8. The summed E-state index contributed by atoms with van der Waals surface area (Å²) in [7, 11) is 0. The number of amides is 3. The highest BCUT2D eigenvalue weighted by atomic mass is 16.6. The van der Waals surface area contributed by atoms with Crippen LogP contribution in [0, 0.1) is 11.8 Å². The molecule has 2 fully saturated rings. The maximum absolute atomic E-state index is 15.0. The highest BCUT2D eigenvalue weighted by Gasteiger charge is 2.72. The molecule has 49 heavy (non-hydrogen) atoms. The number of aliphatic hydroxyl groups is 1. The summed E-state index contributed by atoms with van der Waals surface area (Å²) in [5, 5.41) is 13.7. The quantitative estimate of drug-likeness (QED) is 0.305. The lowest BCUT2D eigenvalue weighted by atomic mass is 9.78. The van der Waals surface area contributed by atoms with Crippen molar-refractivity contribution in [1.29, 1.82) is 0 Å². The molecule has 10 heteroatoms. The van der Waals surface area contributed by atoms with Crippen LogP contribution >= 0.6 is 0 Å². The molecule has 2 saturated heterocycles. The first-order valence-electron chi connectivity index (χ1n) is 16.8. The molecule has 3 aromatic carbocycles. The van der Waals surface area contributed by atoms with Crippen molar-refractivity contribution in [2.24, 2.45) is 11.8 Å². The minimum atomic E-state index is -1.53. The predicted octanol–water partition coefficient (Wildman–Crippen LogP) is 3.65. The number of hydrogen-bond donors (Lipinski definition) is 2. The maximum atomic E-state index is 15.0. The zero-order valence-corrected chi connectivity index (χ0v) is 27.0. The van der Waals surface area contributed by atoms with Crippen LogP contribution in [-0.2, 0) is 35.2 Å². The average Bonchev–Trinajstić information content (AvgIpc) is 3.52. The lowest BCUT2D eigenvalue weighted by Crippen LogP contribution is -2.56. The summed E-state index contributed by atoms with van der Waals surface area (Å²) < 4.78 is 13.0. The molecule has 0 aromatic heterocycles. The van der Waals surface area contributed by atoms with E-state index < -0.39 is 60.2 Å². The maximum Gasteiger partial charge on any atom is 0.313 e. The highest BCUT2D eigenvalue weighted by molar-refractivity contribution is 5.99. The Hall–Kier alpha value is -5.06. The molecule has 0 aliphatic carbocycles. The first kappa shape index (κ1) is 32.5. The van der Waals surface area contributed by atoms with E-state index in [1.165, 1.54) is 4.90 Å². The van der Waals surface area contributed by atoms with Crippen LogP contribution in [-0.4, -0.2) is 76.0 Å². The standard InChI is InChI=1S/C39H39N3O7/c43-25-29(27-15-6-2-7-16-27)42-35-37(46)41(24-26-13-4-1-5-14-26)22-12-21-39(35)34(36(42)45)33-30(49-39)19-10-11-20-32(44)40-23-31(48-38(33)47)28-17-8-3-9-18-28/h1-10,12-19,21,29-31,33-35,43H,11,20,22-25H2,(H,40,44)/b19-10-/t29-,30-,31+,33+,34+,35-,39+/m1/s1. The van der Waals surface area contributed by atoms with E-state index in [0.717, 1.165) is 5.56 Å². The van der Waals surface area contributed by atoms with Crippen LogP contribution in [0.5, 0.6) is 0 Å². The van der Waals surface area contributed by atoms with Gasteiger partial charge in [0, 0.05) is 19.5 Å². The van der Waals surface area contributed by atoms with E-state index in [4.69, 9.17) is 9.47 Å². The van der Waals surface area contributed by atoms with Gasteiger partial charge in [0.2, 0.25) is 17.7 Å². The summed E-state index contributed by atoms with van der Waals surface area (Å²) >= 11 is 0. The minimum Gasteiger partial charge on any atom is -0.455 e. The monoisotopic (exact) mass is 661 g/mol. The van der Waals surface area contributed by atoms with Crippen LogP contribution in [0.3, 0.4) is 0 Å². The van der Waals surface area contributed by atoms with Crippen molar-refractivity contribution < 1.29 is 33.8 Å². The fraction of sp³-hybridized carbons (Fsp3) is 0.333. The van der Waals surface area contributed by atoms with E-state index in [0.29, 0.717) is 24.1 Å². The van der Waals surface area contributed by atoms with E-state index in [-0.39, 0.29) is 31.3 Å². The zero-order valence-electron chi connectivity index (χ0n) is 27.0. The third kappa shape index (κ3) is 6.06. The second-order valence-electron chi connectivity index (χ2n) is 12.9. The Labute approximate surface area is 285 Å².